The summed E-state index contributed by atoms with van der Waals surface area (Å²) in [6, 6.07) is 5.01. The molecule has 3 aromatic rings. The maximum atomic E-state index is 14.1. The highest BCUT2D eigenvalue weighted by Gasteiger charge is 2.37. The molecule has 5 nitrogen and oxygen atoms in total. The van der Waals surface area contributed by atoms with Gasteiger partial charge in [0.15, 0.2) is 17.4 Å². The van der Waals surface area contributed by atoms with Crippen LogP contribution in [0.3, 0.4) is 0 Å². The zero-order chi connectivity index (χ0) is 21.8. The second kappa shape index (κ2) is 7.19. The molecule has 1 aromatic heterocycles. The van der Waals surface area contributed by atoms with Gasteiger partial charge >= 0.3 is 0 Å². The predicted molar refractivity (Wildman–Crippen MR) is 111 cm³/mol. The zero-order valence-corrected chi connectivity index (χ0v) is 18.1. The van der Waals surface area contributed by atoms with E-state index in [9.17, 15) is 18.4 Å². The lowest BCUT2D eigenvalue weighted by Crippen LogP contribution is -2.38. The van der Waals surface area contributed by atoms with Gasteiger partial charge in [-0.3, -0.25) is 9.59 Å². The smallest absolute Gasteiger partial charge is 0.291 e. The van der Waals surface area contributed by atoms with E-state index in [1.165, 1.54) is 0 Å². The monoisotopic (exact) mass is 477 g/mol. The third-order valence-corrected chi connectivity index (χ3v) is 6.05. The molecule has 1 atom stereocenters. The number of hydrogen-bond donors (Lipinski definition) is 1. The van der Waals surface area contributed by atoms with E-state index >= 15 is 0 Å². The number of amides is 1. The largest absolute Gasteiger partial charge is 0.486 e. The first-order valence-electron chi connectivity index (χ1n) is 9.37. The average molecular weight is 478 g/mol. The summed E-state index contributed by atoms with van der Waals surface area (Å²) in [5, 5.41) is 2.90. The molecule has 1 amide bonds. The van der Waals surface area contributed by atoms with Crippen LogP contribution >= 0.6 is 15.9 Å². The Hall–Kier alpha value is -2.74. The Morgan fingerprint density at radius 3 is 2.70 bits per heavy atom. The lowest BCUT2D eigenvalue weighted by Gasteiger charge is -2.34. The summed E-state index contributed by atoms with van der Waals surface area (Å²) in [4.78, 5) is 25.7. The standard InChI is InChI=1S/C22H18BrF2NO4/c1-4-22(3)9-14(27)18-16(30-22)6-5-15-17(18)10(2)20(29-15)21(28)26-19-12(23)7-11(24)8-13(19)25/h5-8H,4,9H2,1-3H3,(H,26,28)/t22-/m1/s1. The highest BCUT2D eigenvalue weighted by atomic mass is 79.9. The van der Waals surface area contributed by atoms with Gasteiger partial charge in [0.1, 0.15) is 22.8 Å². The number of carbonyl (C=O) groups is 2. The van der Waals surface area contributed by atoms with E-state index < -0.39 is 23.1 Å². The van der Waals surface area contributed by atoms with Crippen LogP contribution in [0.4, 0.5) is 14.5 Å². The minimum absolute atomic E-state index is 0.0573. The second-order valence-electron chi connectivity index (χ2n) is 7.57. The minimum atomic E-state index is -0.927. The summed E-state index contributed by atoms with van der Waals surface area (Å²) in [6.45, 7) is 5.49. The molecular formula is C22H18BrF2NO4. The minimum Gasteiger partial charge on any atom is -0.486 e. The van der Waals surface area contributed by atoms with E-state index in [2.05, 4.69) is 21.2 Å². The van der Waals surface area contributed by atoms with E-state index in [1.807, 2.05) is 13.8 Å². The Balaban J connectivity index is 1.78. The number of benzene rings is 2. The lowest BCUT2D eigenvalue weighted by atomic mass is 9.87. The summed E-state index contributed by atoms with van der Waals surface area (Å²) >= 11 is 3.04. The SMILES string of the molecule is CC[C@]1(C)CC(=O)c2c(ccc3oc(C(=O)Nc4c(F)cc(F)cc4Br)c(C)c23)O1. The van der Waals surface area contributed by atoms with Crippen molar-refractivity contribution in [3.05, 3.63) is 57.3 Å². The van der Waals surface area contributed by atoms with E-state index in [0.717, 1.165) is 6.07 Å². The van der Waals surface area contributed by atoms with Gasteiger partial charge in [0, 0.05) is 21.5 Å². The molecule has 0 radical (unpaired) electrons. The molecule has 0 unspecified atom stereocenters. The number of fused-ring (bicyclic) bond motifs is 3. The third-order valence-electron chi connectivity index (χ3n) is 5.43. The maximum absolute atomic E-state index is 14.1. The molecule has 30 heavy (non-hydrogen) atoms. The fraction of sp³-hybridized carbons (Fsp3) is 0.273. The van der Waals surface area contributed by atoms with Crippen LogP contribution in [0.2, 0.25) is 0 Å². The molecule has 2 aromatic carbocycles. The van der Waals surface area contributed by atoms with Crippen molar-refractivity contribution in [2.24, 2.45) is 0 Å². The molecule has 0 bridgehead atoms. The van der Waals surface area contributed by atoms with E-state index in [0.29, 0.717) is 40.3 Å². The number of aryl methyl sites for hydroxylation is 1. The Kier molecular flexibility index (Phi) is 4.92. The molecule has 1 aliphatic rings. The number of halogens is 3. The van der Waals surface area contributed by atoms with Gasteiger partial charge in [-0.05, 0) is 54.4 Å². The van der Waals surface area contributed by atoms with Gasteiger partial charge in [0.05, 0.1) is 17.7 Å². The number of ketones is 1. The molecular weight excluding hydrogens is 460 g/mol. The molecule has 0 spiro atoms. The van der Waals surface area contributed by atoms with Crippen LogP contribution in [0, 0.1) is 18.6 Å². The van der Waals surface area contributed by atoms with Gasteiger partial charge in [0.2, 0.25) is 0 Å². The first-order valence-corrected chi connectivity index (χ1v) is 10.2. The van der Waals surface area contributed by atoms with Crippen molar-refractivity contribution in [1.82, 2.24) is 0 Å². The highest BCUT2D eigenvalue weighted by Crippen LogP contribution is 2.41. The van der Waals surface area contributed by atoms with Gasteiger partial charge < -0.3 is 14.5 Å². The van der Waals surface area contributed by atoms with Crippen molar-refractivity contribution in [3.63, 3.8) is 0 Å². The molecule has 0 fully saturated rings. The summed E-state index contributed by atoms with van der Waals surface area (Å²) in [7, 11) is 0. The van der Waals surface area contributed by atoms with E-state index in [4.69, 9.17) is 9.15 Å². The molecule has 1 N–H and O–H groups in total. The van der Waals surface area contributed by atoms with Crippen molar-refractivity contribution in [3.8, 4) is 5.75 Å². The number of ether oxygens (including phenoxy) is 1. The highest BCUT2D eigenvalue weighted by molar-refractivity contribution is 9.10. The van der Waals surface area contributed by atoms with Crippen LogP contribution in [0.5, 0.6) is 5.75 Å². The quantitative estimate of drug-likeness (QED) is 0.489. The second-order valence-corrected chi connectivity index (χ2v) is 8.43. The molecule has 156 valence electrons. The number of anilines is 1. The number of Topliss-reactive ketones (excluding diaryl/α,β-unsaturated/α-hetero) is 1. The van der Waals surface area contributed by atoms with Crippen LogP contribution in [-0.2, 0) is 0 Å². The third kappa shape index (κ3) is 3.29. The van der Waals surface area contributed by atoms with Gasteiger partial charge in [0.25, 0.3) is 5.91 Å². The fourth-order valence-corrected chi connectivity index (χ4v) is 4.17. The molecule has 0 saturated heterocycles. The summed E-state index contributed by atoms with van der Waals surface area (Å²) < 4.78 is 39.2. The van der Waals surface area contributed by atoms with Gasteiger partial charge in [-0.2, -0.15) is 0 Å². The van der Waals surface area contributed by atoms with Crippen molar-refractivity contribution < 1.29 is 27.5 Å². The summed E-state index contributed by atoms with van der Waals surface area (Å²) in [6.07, 6.45) is 0.891. The molecule has 1 aliphatic heterocycles. The lowest BCUT2D eigenvalue weighted by molar-refractivity contribution is 0.0503. The number of hydrogen-bond acceptors (Lipinski definition) is 4. The summed E-state index contributed by atoms with van der Waals surface area (Å²) in [5.41, 5.74) is 0.388. The van der Waals surface area contributed by atoms with Crippen LogP contribution in [0.15, 0.2) is 33.2 Å². The van der Waals surface area contributed by atoms with E-state index in [1.54, 1.807) is 19.1 Å². The van der Waals surface area contributed by atoms with Crippen LogP contribution in [0.25, 0.3) is 11.0 Å². The predicted octanol–water partition coefficient (Wildman–Crippen LogP) is 6.17. The van der Waals surface area contributed by atoms with Crippen molar-refractivity contribution in [1.29, 1.82) is 0 Å². The number of furan rings is 1. The molecule has 0 aliphatic carbocycles. The molecule has 0 saturated carbocycles. The van der Waals surface area contributed by atoms with Gasteiger partial charge in [-0.25, -0.2) is 8.78 Å². The fourth-order valence-electron chi connectivity index (χ4n) is 3.66. The van der Waals surface area contributed by atoms with E-state index in [-0.39, 0.29) is 28.1 Å². The number of nitrogens with one attached hydrogen (secondary N) is 1. The van der Waals surface area contributed by atoms with Crippen molar-refractivity contribution >= 4 is 44.3 Å². The first-order chi connectivity index (χ1) is 14.1. The first kappa shape index (κ1) is 20.5. The van der Waals surface area contributed by atoms with Gasteiger partial charge in [-0.15, -0.1) is 0 Å². The Labute approximate surface area is 179 Å². The van der Waals surface area contributed by atoms with Gasteiger partial charge in [-0.1, -0.05) is 6.92 Å². The molecule has 2 heterocycles. The van der Waals surface area contributed by atoms with Crippen LogP contribution in [-0.4, -0.2) is 17.3 Å². The normalized spacial score (nSPS) is 18.3. The maximum Gasteiger partial charge on any atom is 0.291 e. The Morgan fingerprint density at radius 1 is 1.30 bits per heavy atom. The zero-order valence-electron chi connectivity index (χ0n) is 16.5. The summed E-state index contributed by atoms with van der Waals surface area (Å²) in [5.74, 6) is -2.12. The van der Waals surface area contributed by atoms with Crippen LogP contribution in [0.1, 0.15) is 53.2 Å². The Morgan fingerprint density at radius 2 is 2.03 bits per heavy atom. The number of rotatable bonds is 3. The molecule has 8 heteroatoms. The average Bonchev–Trinajstić information content (AvgIpc) is 3.01. The van der Waals surface area contributed by atoms with Crippen molar-refractivity contribution in [2.45, 2.75) is 39.2 Å². The topological polar surface area (TPSA) is 68.5 Å². The van der Waals surface area contributed by atoms with Crippen molar-refractivity contribution in [2.75, 3.05) is 5.32 Å². The molecule has 4 rings (SSSR count). The number of carbonyl (C=O) groups excluding carboxylic acids is 2. The Bertz CT molecular complexity index is 1200. The van der Waals surface area contributed by atoms with Crippen LogP contribution < -0.4 is 10.1 Å².